The molecule has 4 aliphatic rings. The second kappa shape index (κ2) is 19.9. The van der Waals surface area contributed by atoms with Crippen molar-refractivity contribution < 1.29 is 41.4 Å². The number of nitrogens with zero attached hydrogens (tertiary/aromatic N) is 1. The van der Waals surface area contributed by atoms with E-state index in [4.69, 9.17) is 9.47 Å². The highest BCUT2D eigenvalue weighted by Crippen LogP contribution is 2.52. The van der Waals surface area contributed by atoms with Crippen molar-refractivity contribution in [2.24, 2.45) is 35.3 Å². The lowest BCUT2D eigenvalue weighted by Crippen LogP contribution is -2.35. The number of alkyl halides is 3. The molecule has 0 radical (unpaired) electrons. The third kappa shape index (κ3) is 12.6. The van der Waals surface area contributed by atoms with E-state index in [0.717, 1.165) is 55.2 Å². The summed E-state index contributed by atoms with van der Waals surface area (Å²) in [5.41, 5.74) is 6.08. The van der Waals surface area contributed by atoms with Crippen LogP contribution in [0.3, 0.4) is 0 Å². The van der Waals surface area contributed by atoms with Crippen molar-refractivity contribution in [3.63, 3.8) is 0 Å². The molecule has 12 heteroatoms. The summed E-state index contributed by atoms with van der Waals surface area (Å²) in [5.74, 6) is 3.44. The number of carbonyl (C=O) groups is 3. The largest absolute Gasteiger partial charge is 0.496 e. The van der Waals surface area contributed by atoms with Crippen LogP contribution in [-0.2, 0) is 15.7 Å². The number of nitrogens with two attached hydrogens (primary N) is 1. The molecular weight excluding hydrogens is 690 g/mol. The molecule has 6 rings (SSSR count). The van der Waals surface area contributed by atoms with E-state index in [-0.39, 0.29) is 25.6 Å². The molecule has 3 aliphatic carbocycles. The molecule has 1 saturated heterocycles. The Hall–Kier alpha value is -3.93. The number of nitrogens with one attached hydrogen (secondary N) is 1. The van der Waals surface area contributed by atoms with Gasteiger partial charge in [-0.2, -0.15) is 13.2 Å². The highest BCUT2D eigenvalue weighted by molar-refractivity contribution is 5.79. The van der Waals surface area contributed by atoms with Gasteiger partial charge >= 0.3 is 12.3 Å². The predicted molar refractivity (Wildman–Crippen MR) is 201 cm³/mol. The smallest absolute Gasteiger partial charge is 0.419 e. The first-order valence-electron chi connectivity index (χ1n) is 18.1. The molecule has 1 heterocycles. The first-order valence-corrected chi connectivity index (χ1v) is 18.1. The number of methoxy groups -OCH3 is 1. The van der Waals surface area contributed by atoms with Crippen LogP contribution in [0.4, 0.5) is 28.0 Å². The maximum absolute atomic E-state index is 12.7. The second-order valence-electron chi connectivity index (χ2n) is 14.8. The number of ether oxygens (including phenoxy) is 2. The van der Waals surface area contributed by atoms with Crippen molar-refractivity contribution in [3.05, 3.63) is 70.6 Å². The van der Waals surface area contributed by atoms with Crippen molar-refractivity contribution in [3.8, 4) is 5.75 Å². The lowest BCUT2D eigenvalue weighted by molar-refractivity contribution is -0.140. The van der Waals surface area contributed by atoms with Crippen LogP contribution in [0.1, 0.15) is 108 Å². The van der Waals surface area contributed by atoms with Gasteiger partial charge in [-0.1, -0.05) is 39.0 Å². The summed E-state index contributed by atoms with van der Waals surface area (Å²) >= 11 is 0. The first-order chi connectivity index (χ1) is 24.6. The molecule has 2 amide bonds. The number of aldehydes is 1. The Morgan fingerprint density at radius 2 is 1.70 bits per heavy atom. The Morgan fingerprint density at radius 1 is 1.02 bits per heavy atom. The van der Waals surface area contributed by atoms with Gasteiger partial charge in [0, 0.05) is 18.8 Å². The molecule has 4 fully saturated rings. The van der Waals surface area contributed by atoms with Crippen molar-refractivity contribution in [1.29, 1.82) is 0 Å². The maximum atomic E-state index is 12.7. The van der Waals surface area contributed by atoms with Crippen LogP contribution in [0.25, 0.3) is 0 Å². The minimum absolute atomic E-state index is 0. The van der Waals surface area contributed by atoms with E-state index in [0.29, 0.717) is 41.2 Å². The van der Waals surface area contributed by atoms with E-state index >= 15 is 0 Å². The van der Waals surface area contributed by atoms with Gasteiger partial charge in [0.2, 0.25) is 6.41 Å². The highest BCUT2D eigenvalue weighted by atomic mass is 19.4. The second-order valence-corrected chi connectivity index (χ2v) is 14.8. The van der Waals surface area contributed by atoms with Gasteiger partial charge < -0.3 is 25.4 Å². The SMILES string of the molecule is C.CCC1CCC(C)/C1=C/C1CC1.CN.COc1ccc(C2CC3CN(C(=O)OC(C)(C)C)CC32)cc1C=O.O=CNc1ccc(F)c(C(F)(F)F)c1. The van der Waals surface area contributed by atoms with Gasteiger partial charge in [-0.05, 0) is 138 Å². The normalized spacial score (nSPS) is 23.6. The van der Waals surface area contributed by atoms with Crippen LogP contribution in [0.2, 0.25) is 0 Å². The number of rotatable bonds is 7. The Balaban J connectivity index is 0.000000287. The van der Waals surface area contributed by atoms with Gasteiger partial charge in [0.15, 0.2) is 6.29 Å². The number of halogens is 4. The summed E-state index contributed by atoms with van der Waals surface area (Å²) in [4.78, 5) is 35.2. The summed E-state index contributed by atoms with van der Waals surface area (Å²) in [6.07, 6.45) is 6.91. The lowest BCUT2D eigenvalue weighted by Gasteiger charge is -2.39. The number of likely N-dealkylation sites (tertiary alicyclic amines) is 1. The van der Waals surface area contributed by atoms with Gasteiger partial charge in [-0.3, -0.25) is 9.59 Å². The van der Waals surface area contributed by atoms with E-state index in [9.17, 15) is 31.9 Å². The fourth-order valence-electron chi connectivity index (χ4n) is 7.20. The summed E-state index contributed by atoms with van der Waals surface area (Å²) in [6, 6.07) is 8.02. The zero-order valence-corrected chi connectivity index (χ0v) is 31.4. The van der Waals surface area contributed by atoms with Crippen molar-refractivity contribution in [2.45, 2.75) is 98.3 Å². The molecule has 53 heavy (non-hydrogen) atoms. The maximum Gasteiger partial charge on any atom is 0.419 e. The standard InChI is InChI=1S/C19H25NO4.C12H20.C8H5F4NO.CH5N.CH4/c1-19(2,3)24-18(22)20-9-13-8-15(16(13)10-20)12-5-6-17(23-4)14(7-12)11-21;1-3-11-7-4-9(2)12(11)8-10-5-6-10;9-7-2-1-5(13-4-14)3-6(7)8(10,11)12;1-2;/h5-7,11,13,15-16H,8-10H2,1-4H3;8-11H,3-7H2,1-2H3;1-4H,(H,13,14);2H2,1H3;1H4/b;12-8-;;;. The molecule has 2 aromatic carbocycles. The monoisotopic (exact) mass is 749 g/mol. The summed E-state index contributed by atoms with van der Waals surface area (Å²) in [5, 5.41) is 2.00. The number of benzene rings is 2. The van der Waals surface area contributed by atoms with E-state index in [1.54, 1.807) is 12.7 Å². The van der Waals surface area contributed by atoms with Gasteiger partial charge in [0.05, 0.1) is 18.2 Å². The number of amides is 2. The number of hydrogen-bond donors (Lipinski definition) is 2. The number of anilines is 1. The minimum Gasteiger partial charge on any atom is -0.496 e. The van der Waals surface area contributed by atoms with E-state index in [1.165, 1.54) is 39.2 Å². The van der Waals surface area contributed by atoms with E-state index in [2.05, 4.69) is 25.7 Å². The molecule has 3 saturated carbocycles. The van der Waals surface area contributed by atoms with Crippen LogP contribution < -0.4 is 15.8 Å². The Morgan fingerprint density at radius 3 is 2.25 bits per heavy atom. The van der Waals surface area contributed by atoms with Gasteiger partial charge in [0.25, 0.3) is 0 Å². The van der Waals surface area contributed by atoms with Crippen LogP contribution in [0.15, 0.2) is 48.0 Å². The number of fused-ring (bicyclic) bond motifs is 1. The van der Waals surface area contributed by atoms with Crippen LogP contribution in [0.5, 0.6) is 5.75 Å². The van der Waals surface area contributed by atoms with Crippen molar-refractivity contribution in [1.82, 2.24) is 4.90 Å². The Bertz CT molecular complexity index is 1540. The zero-order valence-electron chi connectivity index (χ0n) is 31.4. The molecule has 3 N–H and O–H groups in total. The molecule has 8 nitrogen and oxygen atoms in total. The molecule has 5 atom stereocenters. The molecule has 1 aliphatic heterocycles. The average Bonchev–Trinajstić information content (AvgIpc) is 3.76. The van der Waals surface area contributed by atoms with Crippen molar-refractivity contribution >= 4 is 24.5 Å². The molecule has 0 spiro atoms. The fourth-order valence-corrected chi connectivity index (χ4v) is 7.20. The Kier molecular flexibility index (Phi) is 17.0. The van der Waals surface area contributed by atoms with Gasteiger partial charge in [-0.25, -0.2) is 9.18 Å². The summed E-state index contributed by atoms with van der Waals surface area (Å²) in [7, 11) is 3.07. The van der Waals surface area contributed by atoms with Gasteiger partial charge in [0.1, 0.15) is 17.2 Å². The zero-order chi connectivity index (χ0) is 38.8. The summed E-state index contributed by atoms with van der Waals surface area (Å²) in [6.45, 7) is 11.9. The van der Waals surface area contributed by atoms with E-state index in [1.807, 2.05) is 49.2 Å². The van der Waals surface area contributed by atoms with E-state index < -0.39 is 23.2 Å². The van der Waals surface area contributed by atoms with Crippen LogP contribution in [-0.4, -0.2) is 56.5 Å². The molecule has 5 unspecified atom stereocenters. The molecular formula is C41H59F4N3O5. The molecule has 296 valence electrons. The van der Waals surface area contributed by atoms with Gasteiger partial charge in [-0.15, -0.1) is 0 Å². The third-order valence-electron chi connectivity index (χ3n) is 10.1. The minimum atomic E-state index is -4.76. The molecule has 2 aromatic rings. The predicted octanol–water partition coefficient (Wildman–Crippen LogP) is 9.88. The van der Waals surface area contributed by atoms with Crippen molar-refractivity contribution in [2.75, 3.05) is 32.6 Å². The topological polar surface area (TPSA) is 111 Å². The fraction of sp³-hybridized carbons (Fsp3) is 0.585. The number of allylic oxidation sites excluding steroid dienone is 2. The Labute approximate surface area is 312 Å². The number of carbonyl (C=O) groups excluding carboxylic acids is 3. The highest BCUT2D eigenvalue weighted by Gasteiger charge is 2.49. The average molecular weight is 750 g/mol. The summed E-state index contributed by atoms with van der Waals surface area (Å²) < 4.78 is 59.7. The van der Waals surface area contributed by atoms with Crippen LogP contribution in [0, 0.1) is 35.4 Å². The first kappa shape index (κ1) is 45.2. The lowest BCUT2D eigenvalue weighted by atomic mass is 9.64. The quantitative estimate of drug-likeness (QED) is 0.166. The van der Waals surface area contributed by atoms with Crippen LogP contribution >= 0.6 is 0 Å². The third-order valence-corrected chi connectivity index (χ3v) is 10.1. The molecule has 0 bridgehead atoms. The number of hydrogen-bond acceptors (Lipinski definition) is 6. The molecule has 0 aromatic heterocycles.